The molecule has 0 saturated carbocycles. The minimum atomic E-state index is -3.48. The lowest BCUT2D eigenvalue weighted by molar-refractivity contribution is 0.581. The highest BCUT2D eigenvalue weighted by atomic mass is 35.5. The Morgan fingerprint density at radius 3 is 2.58 bits per heavy atom. The van der Waals surface area contributed by atoms with Gasteiger partial charge in [-0.2, -0.15) is 0 Å². The maximum atomic E-state index is 12.3. The Hall–Kier alpha value is -1.82. The smallest absolute Gasteiger partial charge is 0.240 e. The number of H-pyrrole nitrogens is 1. The highest BCUT2D eigenvalue weighted by Gasteiger charge is 2.13. The van der Waals surface area contributed by atoms with Crippen molar-refractivity contribution in [3.63, 3.8) is 0 Å². The molecule has 126 valence electrons. The first-order chi connectivity index (χ1) is 11.5. The van der Waals surface area contributed by atoms with Crippen LogP contribution in [0.15, 0.2) is 53.6 Å². The molecule has 0 aliphatic rings. The van der Waals surface area contributed by atoms with E-state index in [4.69, 9.17) is 11.6 Å². The summed E-state index contributed by atoms with van der Waals surface area (Å²) >= 11 is 5.97. The number of rotatable bonds is 6. The summed E-state index contributed by atoms with van der Waals surface area (Å²) in [6.07, 6.45) is 3.39. The van der Waals surface area contributed by atoms with Crippen LogP contribution in [0.5, 0.6) is 0 Å². The number of halogens is 1. The van der Waals surface area contributed by atoms with Gasteiger partial charge in [-0.1, -0.05) is 36.7 Å². The van der Waals surface area contributed by atoms with Crippen LogP contribution in [0.3, 0.4) is 0 Å². The van der Waals surface area contributed by atoms with Crippen molar-refractivity contribution in [3.8, 4) is 0 Å². The van der Waals surface area contributed by atoms with E-state index in [1.165, 1.54) is 0 Å². The third kappa shape index (κ3) is 3.64. The van der Waals surface area contributed by atoms with Gasteiger partial charge in [0.1, 0.15) is 0 Å². The van der Waals surface area contributed by atoms with Gasteiger partial charge >= 0.3 is 0 Å². The van der Waals surface area contributed by atoms with Crippen molar-refractivity contribution in [2.45, 2.75) is 24.7 Å². The zero-order valence-electron chi connectivity index (χ0n) is 13.3. The van der Waals surface area contributed by atoms with E-state index in [9.17, 15) is 8.42 Å². The molecule has 6 heteroatoms. The predicted molar refractivity (Wildman–Crippen MR) is 98.0 cm³/mol. The molecule has 3 aromatic rings. The molecule has 0 atom stereocenters. The number of fused-ring (bicyclic) bond motifs is 1. The molecule has 2 aromatic carbocycles. The molecule has 1 aromatic heterocycles. The third-order valence-electron chi connectivity index (χ3n) is 4.06. The summed E-state index contributed by atoms with van der Waals surface area (Å²) in [5.74, 6) is 0. The number of hydrogen-bond acceptors (Lipinski definition) is 2. The minimum absolute atomic E-state index is 0.297. The number of sulfonamides is 1. The normalized spacial score (nSPS) is 11.9. The molecule has 0 spiro atoms. The van der Waals surface area contributed by atoms with Gasteiger partial charge in [-0.15, -0.1) is 0 Å². The van der Waals surface area contributed by atoms with E-state index < -0.39 is 10.0 Å². The first-order valence-corrected chi connectivity index (χ1v) is 9.70. The van der Waals surface area contributed by atoms with Gasteiger partial charge in [0.05, 0.1) is 4.90 Å². The molecule has 4 nitrogen and oxygen atoms in total. The Kier molecular flexibility index (Phi) is 4.94. The molecule has 0 radical (unpaired) electrons. The van der Waals surface area contributed by atoms with E-state index >= 15 is 0 Å². The Labute approximate surface area is 146 Å². The van der Waals surface area contributed by atoms with Crippen molar-refractivity contribution < 1.29 is 8.42 Å². The van der Waals surface area contributed by atoms with Crippen LogP contribution in [0.1, 0.15) is 18.1 Å². The molecule has 2 N–H and O–H groups in total. The number of hydrogen-bond donors (Lipinski definition) is 2. The maximum absolute atomic E-state index is 12.3. The number of aromatic nitrogens is 1. The number of benzene rings is 2. The molecule has 3 rings (SSSR count). The standard InChI is InChI=1S/C18H19ClN2O2S/c1-2-13-3-6-16(7-4-13)24(22,23)21-10-9-14-12-20-18-11-15(19)5-8-17(14)18/h3-8,11-12,20-21H,2,9-10H2,1H3. The summed E-state index contributed by atoms with van der Waals surface area (Å²) in [6, 6.07) is 12.6. The predicted octanol–water partition coefficient (Wildman–Crippen LogP) is 3.90. The highest BCUT2D eigenvalue weighted by molar-refractivity contribution is 7.89. The van der Waals surface area contributed by atoms with Gasteiger partial charge in [-0.25, -0.2) is 13.1 Å². The van der Waals surface area contributed by atoms with Gasteiger partial charge in [0, 0.05) is 28.7 Å². The molecule has 24 heavy (non-hydrogen) atoms. The van der Waals surface area contributed by atoms with Gasteiger partial charge in [0.25, 0.3) is 0 Å². The first-order valence-electron chi connectivity index (χ1n) is 7.84. The molecule has 0 bridgehead atoms. The van der Waals surface area contributed by atoms with Crippen molar-refractivity contribution in [1.82, 2.24) is 9.71 Å². The Balaban J connectivity index is 1.68. The van der Waals surface area contributed by atoms with Crippen LogP contribution >= 0.6 is 11.6 Å². The minimum Gasteiger partial charge on any atom is -0.361 e. The Morgan fingerprint density at radius 2 is 1.88 bits per heavy atom. The van der Waals surface area contributed by atoms with Crippen LogP contribution in [0.2, 0.25) is 5.02 Å². The summed E-state index contributed by atoms with van der Waals surface area (Å²) in [5, 5.41) is 1.73. The molecular weight excluding hydrogens is 344 g/mol. The summed E-state index contributed by atoms with van der Waals surface area (Å²) in [6.45, 7) is 2.38. The molecule has 0 fully saturated rings. The van der Waals surface area contributed by atoms with E-state index in [1.807, 2.05) is 43.5 Å². The summed E-state index contributed by atoms with van der Waals surface area (Å²) in [7, 11) is -3.48. The second kappa shape index (κ2) is 6.97. The van der Waals surface area contributed by atoms with Crippen molar-refractivity contribution in [1.29, 1.82) is 0 Å². The highest BCUT2D eigenvalue weighted by Crippen LogP contribution is 2.22. The van der Waals surface area contributed by atoms with Crippen LogP contribution in [0.25, 0.3) is 10.9 Å². The topological polar surface area (TPSA) is 62.0 Å². The average molecular weight is 363 g/mol. The molecule has 1 heterocycles. The summed E-state index contributed by atoms with van der Waals surface area (Å²) in [5.41, 5.74) is 3.13. The molecule has 0 amide bonds. The Bertz CT molecular complexity index is 947. The van der Waals surface area contributed by atoms with Crippen LogP contribution in [0, 0.1) is 0 Å². The fourth-order valence-electron chi connectivity index (χ4n) is 2.67. The van der Waals surface area contributed by atoms with Crippen LogP contribution in [-0.4, -0.2) is 19.9 Å². The van der Waals surface area contributed by atoms with Crippen molar-refractivity contribution in [2.75, 3.05) is 6.54 Å². The van der Waals surface area contributed by atoms with Gasteiger partial charge in [-0.05, 0) is 48.2 Å². The maximum Gasteiger partial charge on any atom is 0.240 e. The zero-order valence-corrected chi connectivity index (χ0v) is 14.9. The van der Waals surface area contributed by atoms with Gasteiger partial charge in [-0.3, -0.25) is 0 Å². The largest absolute Gasteiger partial charge is 0.361 e. The lowest BCUT2D eigenvalue weighted by Crippen LogP contribution is -2.25. The fraction of sp³-hybridized carbons (Fsp3) is 0.222. The van der Waals surface area contributed by atoms with E-state index in [1.54, 1.807) is 12.1 Å². The molecule has 0 aliphatic heterocycles. The average Bonchev–Trinajstić information content (AvgIpc) is 2.97. The van der Waals surface area contributed by atoms with Crippen LogP contribution in [0.4, 0.5) is 0 Å². The molecule has 0 unspecified atom stereocenters. The van der Waals surface area contributed by atoms with Gasteiger partial charge < -0.3 is 4.98 Å². The Morgan fingerprint density at radius 1 is 1.12 bits per heavy atom. The number of aromatic amines is 1. The van der Waals surface area contributed by atoms with Gasteiger partial charge in [0.15, 0.2) is 0 Å². The molecule has 0 aliphatic carbocycles. The SMILES string of the molecule is CCc1ccc(S(=O)(=O)NCCc2c[nH]c3cc(Cl)ccc23)cc1. The van der Waals surface area contributed by atoms with E-state index in [0.717, 1.165) is 28.5 Å². The monoisotopic (exact) mass is 362 g/mol. The first kappa shape index (κ1) is 17.0. The second-order valence-electron chi connectivity index (χ2n) is 5.65. The van der Waals surface area contributed by atoms with Crippen molar-refractivity contribution in [3.05, 3.63) is 64.8 Å². The molecular formula is C18H19ClN2O2S. The fourth-order valence-corrected chi connectivity index (χ4v) is 3.88. The van der Waals surface area contributed by atoms with Crippen molar-refractivity contribution >= 4 is 32.5 Å². The number of aryl methyl sites for hydroxylation is 1. The van der Waals surface area contributed by atoms with Crippen molar-refractivity contribution in [2.24, 2.45) is 0 Å². The lowest BCUT2D eigenvalue weighted by atomic mass is 10.1. The van der Waals surface area contributed by atoms with Crippen LogP contribution in [-0.2, 0) is 22.9 Å². The molecule has 0 saturated heterocycles. The zero-order chi connectivity index (χ0) is 17.2. The van der Waals surface area contributed by atoms with Crippen LogP contribution < -0.4 is 4.72 Å². The summed E-state index contributed by atoms with van der Waals surface area (Å²) in [4.78, 5) is 3.46. The second-order valence-corrected chi connectivity index (χ2v) is 7.85. The van der Waals surface area contributed by atoms with Gasteiger partial charge in [0.2, 0.25) is 10.0 Å². The van der Waals surface area contributed by atoms with E-state index in [2.05, 4.69) is 9.71 Å². The number of nitrogens with one attached hydrogen (secondary N) is 2. The third-order valence-corrected chi connectivity index (χ3v) is 5.77. The van der Waals surface area contributed by atoms with E-state index in [-0.39, 0.29) is 0 Å². The summed E-state index contributed by atoms with van der Waals surface area (Å²) < 4.78 is 27.3. The van der Waals surface area contributed by atoms with E-state index in [0.29, 0.717) is 22.9 Å². The quantitative estimate of drug-likeness (QED) is 0.698. The lowest BCUT2D eigenvalue weighted by Gasteiger charge is -2.07.